The van der Waals surface area contributed by atoms with Gasteiger partial charge in [0, 0.05) is 6.42 Å². The van der Waals surface area contributed by atoms with Crippen molar-refractivity contribution in [2.75, 3.05) is 0 Å². The Morgan fingerprint density at radius 1 is 1.05 bits per heavy atom. The van der Waals surface area contributed by atoms with Crippen molar-refractivity contribution in [3.05, 3.63) is 35.4 Å². The van der Waals surface area contributed by atoms with Crippen molar-refractivity contribution in [3.63, 3.8) is 0 Å². The summed E-state index contributed by atoms with van der Waals surface area (Å²) in [6.45, 7) is 4.22. The fourth-order valence-electron chi connectivity index (χ4n) is 2.49. The summed E-state index contributed by atoms with van der Waals surface area (Å²) >= 11 is 0. The van der Waals surface area contributed by atoms with Gasteiger partial charge in [-0.15, -0.1) is 0 Å². The van der Waals surface area contributed by atoms with Crippen molar-refractivity contribution in [3.8, 4) is 6.07 Å². The van der Waals surface area contributed by atoms with E-state index in [0.29, 0.717) is 6.42 Å². The molecule has 1 aromatic carbocycles. The van der Waals surface area contributed by atoms with Crippen molar-refractivity contribution in [2.45, 2.75) is 71.1 Å². The average molecular weight is 285 g/mol. The molecule has 0 saturated heterocycles. The molecule has 0 fully saturated rings. The summed E-state index contributed by atoms with van der Waals surface area (Å²) < 4.78 is 0. The monoisotopic (exact) mass is 285 g/mol. The van der Waals surface area contributed by atoms with Crippen LogP contribution in [-0.4, -0.2) is 5.78 Å². The molecule has 2 heteroatoms. The van der Waals surface area contributed by atoms with Gasteiger partial charge in [0.25, 0.3) is 0 Å². The summed E-state index contributed by atoms with van der Waals surface area (Å²) in [6.07, 6.45) is 8.88. The van der Waals surface area contributed by atoms with Crippen LogP contribution in [0.4, 0.5) is 0 Å². The predicted octanol–water partition coefficient (Wildman–Crippen LogP) is 5.31. The molecule has 1 unspecified atom stereocenters. The molecule has 0 saturated carbocycles. The zero-order chi connectivity index (χ0) is 15.5. The fraction of sp³-hybridized carbons (Fsp3) is 0.579. The molecule has 0 radical (unpaired) electrons. The number of ketones is 1. The maximum Gasteiger partial charge on any atom is 0.154 e. The van der Waals surface area contributed by atoms with Crippen LogP contribution in [0.3, 0.4) is 0 Å². The Morgan fingerprint density at radius 3 is 2.19 bits per heavy atom. The third kappa shape index (κ3) is 6.58. The standard InChI is InChI=1S/C19H27NO/c1-3-4-5-6-7-8-9-10-19(21)18(15-20)17-13-11-16(2)12-14-17/h11-14,18H,3-10H2,1-2H3. The Bertz CT molecular complexity index is 455. The maximum atomic E-state index is 12.2. The van der Waals surface area contributed by atoms with Crippen LogP contribution in [0.5, 0.6) is 0 Å². The summed E-state index contributed by atoms with van der Waals surface area (Å²) in [5.74, 6) is -0.527. The van der Waals surface area contributed by atoms with E-state index in [0.717, 1.165) is 24.0 Å². The quantitative estimate of drug-likeness (QED) is 0.546. The molecule has 1 rings (SSSR count). The van der Waals surface area contributed by atoms with E-state index < -0.39 is 5.92 Å². The van der Waals surface area contributed by atoms with Gasteiger partial charge in [-0.1, -0.05) is 75.3 Å². The molecule has 0 N–H and O–H groups in total. The molecule has 0 aliphatic carbocycles. The third-order valence-corrected chi connectivity index (χ3v) is 3.89. The normalized spacial score (nSPS) is 11.9. The van der Waals surface area contributed by atoms with E-state index >= 15 is 0 Å². The van der Waals surface area contributed by atoms with Gasteiger partial charge in [0.15, 0.2) is 5.78 Å². The highest BCUT2D eigenvalue weighted by Gasteiger charge is 2.19. The molecule has 0 amide bonds. The van der Waals surface area contributed by atoms with E-state index in [1.165, 1.54) is 32.1 Å². The van der Waals surface area contributed by atoms with Crippen molar-refractivity contribution in [2.24, 2.45) is 0 Å². The van der Waals surface area contributed by atoms with Gasteiger partial charge >= 0.3 is 0 Å². The van der Waals surface area contributed by atoms with E-state index in [1.807, 2.05) is 31.2 Å². The molecule has 0 aromatic heterocycles. The van der Waals surface area contributed by atoms with E-state index in [2.05, 4.69) is 13.0 Å². The minimum atomic E-state index is -0.592. The Kier molecular flexibility index (Phi) is 8.43. The second-order valence-corrected chi connectivity index (χ2v) is 5.81. The minimum Gasteiger partial charge on any atom is -0.298 e. The zero-order valence-corrected chi connectivity index (χ0v) is 13.4. The predicted molar refractivity (Wildman–Crippen MR) is 87.2 cm³/mol. The van der Waals surface area contributed by atoms with Crippen LogP contribution in [0.25, 0.3) is 0 Å². The summed E-state index contributed by atoms with van der Waals surface area (Å²) in [5.41, 5.74) is 1.98. The SMILES string of the molecule is CCCCCCCCCC(=O)C(C#N)c1ccc(C)cc1. The topological polar surface area (TPSA) is 40.9 Å². The van der Waals surface area contributed by atoms with Crippen LogP contribution >= 0.6 is 0 Å². The molecule has 0 aliphatic heterocycles. The zero-order valence-electron chi connectivity index (χ0n) is 13.4. The lowest BCUT2D eigenvalue weighted by atomic mass is 9.92. The molecule has 0 bridgehead atoms. The summed E-state index contributed by atoms with van der Waals surface area (Å²) in [7, 11) is 0. The number of unbranched alkanes of at least 4 members (excludes halogenated alkanes) is 6. The van der Waals surface area contributed by atoms with Crippen molar-refractivity contribution in [1.82, 2.24) is 0 Å². The van der Waals surface area contributed by atoms with Gasteiger partial charge in [0.05, 0.1) is 6.07 Å². The van der Waals surface area contributed by atoms with Gasteiger partial charge in [-0.3, -0.25) is 4.79 Å². The molecule has 21 heavy (non-hydrogen) atoms. The lowest BCUT2D eigenvalue weighted by molar-refractivity contribution is -0.119. The number of benzene rings is 1. The van der Waals surface area contributed by atoms with Crippen molar-refractivity contribution < 1.29 is 4.79 Å². The van der Waals surface area contributed by atoms with Crippen LogP contribution < -0.4 is 0 Å². The van der Waals surface area contributed by atoms with E-state index in [9.17, 15) is 10.1 Å². The molecule has 114 valence electrons. The van der Waals surface area contributed by atoms with Gasteiger partial charge in [0.1, 0.15) is 5.92 Å². The number of hydrogen-bond acceptors (Lipinski definition) is 2. The molecule has 0 spiro atoms. The number of nitriles is 1. The first kappa shape index (κ1) is 17.4. The first-order valence-corrected chi connectivity index (χ1v) is 8.18. The van der Waals surface area contributed by atoms with Gasteiger partial charge in [-0.05, 0) is 18.9 Å². The van der Waals surface area contributed by atoms with Crippen LogP contribution in [0.2, 0.25) is 0 Å². The Hall–Kier alpha value is -1.62. The second-order valence-electron chi connectivity index (χ2n) is 5.81. The third-order valence-electron chi connectivity index (χ3n) is 3.89. The van der Waals surface area contributed by atoms with Crippen molar-refractivity contribution in [1.29, 1.82) is 5.26 Å². The largest absolute Gasteiger partial charge is 0.298 e. The molecular weight excluding hydrogens is 258 g/mol. The van der Waals surface area contributed by atoms with Crippen LogP contribution in [0.1, 0.15) is 75.3 Å². The number of carbonyl (C=O) groups excluding carboxylic acids is 1. The molecule has 1 aromatic rings. The summed E-state index contributed by atoms with van der Waals surface area (Å²) in [5, 5.41) is 9.25. The Balaban J connectivity index is 2.32. The average Bonchev–Trinajstić information content (AvgIpc) is 2.49. The van der Waals surface area contributed by atoms with Crippen LogP contribution in [-0.2, 0) is 4.79 Å². The molecule has 2 nitrogen and oxygen atoms in total. The smallest absolute Gasteiger partial charge is 0.154 e. The highest BCUT2D eigenvalue weighted by Crippen LogP contribution is 2.20. The van der Waals surface area contributed by atoms with Crippen molar-refractivity contribution >= 4 is 5.78 Å². The second kappa shape index (κ2) is 10.2. The highest BCUT2D eigenvalue weighted by atomic mass is 16.1. The molecular formula is C19H27NO. The number of hydrogen-bond donors (Lipinski definition) is 0. The van der Waals surface area contributed by atoms with Gasteiger partial charge < -0.3 is 0 Å². The lowest BCUT2D eigenvalue weighted by Gasteiger charge is -2.09. The van der Waals surface area contributed by atoms with E-state index in [1.54, 1.807) is 0 Å². The van der Waals surface area contributed by atoms with Crippen LogP contribution in [0, 0.1) is 18.3 Å². The van der Waals surface area contributed by atoms with Gasteiger partial charge in [-0.2, -0.15) is 5.26 Å². The number of rotatable bonds is 10. The minimum absolute atomic E-state index is 0.0647. The molecule has 1 atom stereocenters. The Labute approximate surface area is 129 Å². The van der Waals surface area contributed by atoms with E-state index in [-0.39, 0.29) is 5.78 Å². The molecule has 0 heterocycles. The lowest BCUT2D eigenvalue weighted by Crippen LogP contribution is -2.10. The van der Waals surface area contributed by atoms with E-state index in [4.69, 9.17) is 0 Å². The summed E-state index contributed by atoms with van der Waals surface area (Å²) in [6, 6.07) is 9.86. The van der Waals surface area contributed by atoms with Crippen LogP contribution in [0.15, 0.2) is 24.3 Å². The fourth-order valence-corrected chi connectivity index (χ4v) is 2.49. The Morgan fingerprint density at radius 2 is 1.62 bits per heavy atom. The number of Topliss-reactive ketones (excluding diaryl/α,β-unsaturated/α-hetero) is 1. The number of carbonyl (C=O) groups is 1. The van der Waals surface area contributed by atoms with Gasteiger partial charge in [0.2, 0.25) is 0 Å². The number of nitrogens with zero attached hydrogens (tertiary/aromatic N) is 1. The molecule has 0 aliphatic rings. The first-order chi connectivity index (χ1) is 10.2. The number of aryl methyl sites for hydroxylation is 1. The van der Waals surface area contributed by atoms with Gasteiger partial charge in [-0.25, -0.2) is 0 Å². The maximum absolute atomic E-state index is 12.2. The first-order valence-electron chi connectivity index (χ1n) is 8.18. The highest BCUT2D eigenvalue weighted by molar-refractivity contribution is 5.88. The summed E-state index contributed by atoms with van der Waals surface area (Å²) in [4.78, 5) is 12.2.